The van der Waals surface area contributed by atoms with E-state index in [1.807, 2.05) is 23.9 Å². The van der Waals surface area contributed by atoms with Gasteiger partial charge in [-0.25, -0.2) is 9.67 Å². The lowest BCUT2D eigenvalue weighted by Gasteiger charge is -2.26. The minimum atomic E-state index is 0.264. The van der Waals surface area contributed by atoms with Crippen LogP contribution in [0.15, 0.2) is 22.8 Å². The van der Waals surface area contributed by atoms with Crippen molar-refractivity contribution in [3.63, 3.8) is 0 Å². The van der Waals surface area contributed by atoms with Crippen LogP contribution in [-0.2, 0) is 7.05 Å². The number of anilines is 1. The van der Waals surface area contributed by atoms with Crippen molar-refractivity contribution in [2.75, 3.05) is 39.0 Å². The van der Waals surface area contributed by atoms with Gasteiger partial charge in [-0.15, -0.1) is 10.2 Å². The van der Waals surface area contributed by atoms with Gasteiger partial charge in [-0.05, 0) is 12.1 Å². The molecule has 134 valence electrons. The van der Waals surface area contributed by atoms with Gasteiger partial charge in [0, 0.05) is 7.05 Å². The molecule has 1 fully saturated rings. The van der Waals surface area contributed by atoms with Gasteiger partial charge in [0.25, 0.3) is 0 Å². The van der Waals surface area contributed by atoms with Gasteiger partial charge in [0.1, 0.15) is 31.6 Å². The van der Waals surface area contributed by atoms with Gasteiger partial charge >= 0.3 is 0 Å². The Morgan fingerprint density at radius 1 is 1.15 bits per heavy atom. The van der Waals surface area contributed by atoms with E-state index in [1.165, 1.54) is 4.90 Å². The number of nitrogen functional groups attached to an aromatic ring is 1. The summed E-state index contributed by atoms with van der Waals surface area (Å²) in [6, 6.07) is 3.64. The molecular formula is C16H21N9O+2. The molecule has 0 aliphatic carbocycles. The number of rotatable bonds is 2. The topological polar surface area (TPSA) is 109 Å². The van der Waals surface area contributed by atoms with Crippen LogP contribution < -0.4 is 15.5 Å². The standard InChI is InChI=1S/C16H19N9O/c1-22-5-7-24(8-6-22)15-11-13(20-23(15)2)19-16(17)25-14(11)18-12(21-25)10-4-3-9-26-10/h3-4,9H,5-8H2,1-2H3,(H2,17,19,20)/p+2. The van der Waals surface area contributed by atoms with E-state index in [-0.39, 0.29) is 5.95 Å². The lowest BCUT2D eigenvalue weighted by Crippen LogP contribution is -3.25. The second-order valence-electron chi connectivity index (χ2n) is 6.85. The molecule has 10 heteroatoms. The number of likely N-dealkylation sites (N-methyl/N-ethyl adjacent to an activating group) is 1. The number of hydrogen-bond acceptors (Lipinski definition) is 6. The predicted molar refractivity (Wildman–Crippen MR) is 94.1 cm³/mol. The average molecular weight is 355 g/mol. The SMILES string of the molecule is Cn1nc2nc(N)n3nc(-c4ccco4)nc3c2c1[NH+]1CC[NH+](C)CC1. The maximum atomic E-state index is 6.10. The van der Waals surface area contributed by atoms with Crippen LogP contribution in [0.3, 0.4) is 0 Å². The molecule has 0 spiro atoms. The third-order valence-corrected chi connectivity index (χ3v) is 5.08. The molecule has 4 aromatic rings. The lowest BCUT2D eigenvalue weighted by atomic mass is 10.3. The van der Waals surface area contributed by atoms with Crippen LogP contribution in [0.5, 0.6) is 0 Å². The Morgan fingerprint density at radius 2 is 1.96 bits per heavy atom. The fraction of sp³-hybridized carbons (Fsp3) is 0.375. The maximum absolute atomic E-state index is 6.10. The number of hydrogen-bond donors (Lipinski definition) is 3. The molecule has 1 aliphatic heterocycles. The Kier molecular flexibility index (Phi) is 3.24. The van der Waals surface area contributed by atoms with E-state index in [9.17, 15) is 0 Å². The number of quaternary nitrogens is 2. The number of piperazine rings is 1. The normalized spacial score (nSPS) is 21.0. The van der Waals surface area contributed by atoms with Gasteiger partial charge in [0.2, 0.25) is 17.6 Å². The van der Waals surface area contributed by atoms with Crippen molar-refractivity contribution in [1.82, 2.24) is 29.4 Å². The molecule has 1 saturated heterocycles. The fourth-order valence-corrected chi connectivity index (χ4v) is 3.71. The van der Waals surface area contributed by atoms with E-state index >= 15 is 0 Å². The zero-order valence-corrected chi connectivity index (χ0v) is 14.7. The quantitative estimate of drug-likeness (QED) is 0.380. The van der Waals surface area contributed by atoms with Crippen molar-refractivity contribution in [3.05, 3.63) is 18.4 Å². The van der Waals surface area contributed by atoms with Crippen LogP contribution in [0, 0.1) is 0 Å². The molecule has 5 heterocycles. The third kappa shape index (κ3) is 2.19. The first kappa shape index (κ1) is 15.3. The van der Waals surface area contributed by atoms with Gasteiger partial charge in [-0.2, -0.15) is 9.50 Å². The number of nitrogens with one attached hydrogen (secondary N) is 2. The zero-order chi connectivity index (χ0) is 17.8. The molecule has 0 saturated carbocycles. The lowest BCUT2D eigenvalue weighted by molar-refractivity contribution is -0.976. The summed E-state index contributed by atoms with van der Waals surface area (Å²) in [7, 11) is 4.18. The van der Waals surface area contributed by atoms with Gasteiger partial charge in [0.15, 0.2) is 17.1 Å². The molecule has 0 bridgehead atoms. The molecular weight excluding hydrogens is 334 g/mol. The number of furan rings is 1. The molecule has 0 amide bonds. The molecule has 26 heavy (non-hydrogen) atoms. The zero-order valence-electron chi connectivity index (χ0n) is 14.7. The summed E-state index contributed by atoms with van der Waals surface area (Å²) in [5.74, 6) is 2.44. The van der Waals surface area contributed by atoms with Gasteiger partial charge in [-0.1, -0.05) is 0 Å². The Labute approximate surface area is 148 Å². The second-order valence-corrected chi connectivity index (χ2v) is 6.85. The first-order valence-electron chi connectivity index (χ1n) is 8.71. The number of aryl methyl sites for hydroxylation is 1. The molecule has 0 aromatic carbocycles. The van der Waals surface area contributed by atoms with E-state index in [2.05, 4.69) is 22.2 Å². The van der Waals surface area contributed by atoms with Gasteiger partial charge in [-0.3, -0.25) is 4.90 Å². The van der Waals surface area contributed by atoms with Crippen LogP contribution in [0.25, 0.3) is 28.3 Å². The molecule has 0 atom stereocenters. The summed E-state index contributed by atoms with van der Waals surface area (Å²) in [5.41, 5.74) is 7.37. The van der Waals surface area contributed by atoms with Crippen LogP contribution in [0.2, 0.25) is 0 Å². The highest BCUT2D eigenvalue weighted by atomic mass is 16.3. The highest BCUT2D eigenvalue weighted by Gasteiger charge is 2.30. The number of fused-ring (bicyclic) bond motifs is 3. The summed E-state index contributed by atoms with van der Waals surface area (Å²) in [5, 5.41) is 9.97. The summed E-state index contributed by atoms with van der Waals surface area (Å²) in [4.78, 5) is 12.1. The van der Waals surface area contributed by atoms with Crippen molar-refractivity contribution in [2.24, 2.45) is 7.05 Å². The van der Waals surface area contributed by atoms with Crippen molar-refractivity contribution < 1.29 is 14.2 Å². The summed E-state index contributed by atoms with van der Waals surface area (Å²) in [6.45, 7) is 4.31. The van der Waals surface area contributed by atoms with E-state index < -0.39 is 0 Å². The van der Waals surface area contributed by atoms with Crippen molar-refractivity contribution in [2.45, 2.75) is 0 Å². The molecule has 1 aliphatic rings. The Hall–Kier alpha value is -2.98. The van der Waals surface area contributed by atoms with E-state index in [0.29, 0.717) is 22.9 Å². The van der Waals surface area contributed by atoms with Crippen LogP contribution in [0.4, 0.5) is 11.8 Å². The van der Waals surface area contributed by atoms with Crippen LogP contribution >= 0.6 is 0 Å². The summed E-state index contributed by atoms with van der Waals surface area (Å²) >= 11 is 0. The maximum Gasteiger partial charge on any atom is 0.238 e. The molecule has 10 nitrogen and oxygen atoms in total. The molecule has 5 rings (SSSR count). The van der Waals surface area contributed by atoms with Crippen molar-refractivity contribution in [1.29, 1.82) is 0 Å². The van der Waals surface area contributed by atoms with E-state index in [0.717, 1.165) is 37.4 Å². The number of aromatic nitrogens is 6. The molecule has 0 unspecified atom stereocenters. The largest absolute Gasteiger partial charge is 0.461 e. The van der Waals surface area contributed by atoms with Crippen LogP contribution in [0.1, 0.15) is 0 Å². The Morgan fingerprint density at radius 3 is 2.69 bits per heavy atom. The highest BCUT2D eigenvalue weighted by molar-refractivity contribution is 5.97. The van der Waals surface area contributed by atoms with Gasteiger partial charge in [0.05, 0.1) is 13.3 Å². The minimum Gasteiger partial charge on any atom is -0.461 e. The number of nitrogens with two attached hydrogens (primary N) is 1. The first-order chi connectivity index (χ1) is 12.6. The molecule has 4 N–H and O–H groups in total. The number of nitrogens with zero attached hydrogens (tertiary/aromatic N) is 6. The highest BCUT2D eigenvalue weighted by Crippen LogP contribution is 2.26. The van der Waals surface area contributed by atoms with Crippen LogP contribution in [-0.4, -0.2) is 62.6 Å². The average Bonchev–Trinajstić information content (AvgIpc) is 3.33. The molecule has 4 aromatic heterocycles. The van der Waals surface area contributed by atoms with Gasteiger partial charge < -0.3 is 15.1 Å². The summed E-state index contributed by atoms with van der Waals surface area (Å²) in [6.07, 6.45) is 1.60. The van der Waals surface area contributed by atoms with E-state index in [4.69, 9.17) is 15.1 Å². The Balaban J connectivity index is 1.75. The predicted octanol–water partition coefficient (Wildman–Crippen LogP) is -2.10. The smallest absolute Gasteiger partial charge is 0.238 e. The fourth-order valence-electron chi connectivity index (χ4n) is 3.71. The second kappa shape index (κ2) is 5.51. The summed E-state index contributed by atoms with van der Waals surface area (Å²) < 4.78 is 8.91. The van der Waals surface area contributed by atoms with Crippen molar-refractivity contribution >= 4 is 28.4 Å². The molecule has 0 radical (unpaired) electrons. The Bertz CT molecular complexity index is 1090. The third-order valence-electron chi connectivity index (χ3n) is 5.08. The van der Waals surface area contributed by atoms with Crippen molar-refractivity contribution in [3.8, 4) is 11.6 Å². The minimum absolute atomic E-state index is 0.264. The van der Waals surface area contributed by atoms with E-state index in [1.54, 1.807) is 15.7 Å². The first-order valence-corrected chi connectivity index (χ1v) is 8.71. The monoisotopic (exact) mass is 355 g/mol.